The third-order valence-corrected chi connectivity index (χ3v) is 3.37. The number of rotatable bonds is 6. The fourth-order valence-electron chi connectivity index (χ4n) is 2.04. The Kier molecular flexibility index (Phi) is 5.61. The fourth-order valence-corrected chi connectivity index (χ4v) is 2.23. The molecule has 0 aliphatic heterocycles. The van der Waals surface area contributed by atoms with Crippen molar-refractivity contribution in [1.29, 1.82) is 0 Å². The number of phenols is 1. The van der Waals surface area contributed by atoms with E-state index in [-0.39, 0.29) is 5.75 Å². The highest BCUT2D eigenvalue weighted by Gasteiger charge is 2.09. The highest BCUT2D eigenvalue weighted by atomic mass is 35.5. The second kappa shape index (κ2) is 7.66. The van der Waals surface area contributed by atoms with E-state index in [0.717, 1.165) is 11.1 Å². The molecular weight excluding hydrogens is 298 g/mol. The molecule has 0 aliphatic carbocycles. The van der Waals surface area contributed by atoms with Gasteiger partial charge in [-0.05, 0) is 43.2 Å². The van der Waals surface area contributed by atoms with E-state index >= 15 is 0 Å². The molecule has 0 fully saturated rings. The second-order valence-electron chi connectivity index (χ2n) is 4.66. The standard InChI is InChI=1S/C18H18ClNO2/c1-3-7-14-10-13(11-17(18(14)21)22-4-2)12-20-16-9-6-5-8-15(16)19/h3,5-6,8-12,21H,1,4,7H2,2H3. The van der Waals surface area contributed by atoms with E-state index in [4.69, 9.17) is 16.3 Å². The Morgan fingerprint density at radius 3 is 2.77 bits per heavy atom. The molecule has 0 spiro atoms. The summed E-state index contributed by atoms with van der Waals surface area (Å²) in [7, 11) is 0. The summed E-state index contributed by atoms with van der Waals surface area (Å²) < 4.78 is 5.47. The number of hydrogen-bond acceptors (Lipinski definition) is 3. The highest BCUT2D eigenvalue weighted by Crippen LogP contribution is 2.32. The molecule has 0 unspecified atom stereocenters. The van der Waals surface area contributed by atoms with E-state index in [9.17, 15) is 5.11 Å². The zero-order valence-electron chi connectivity index (χ0n) is 12.4. The average molecular weight is 316 g/mol. The van der Waals surface area contributed by atoms with Gasteiger partial charge in [-0.15, -0.1) is 6.58 Å². The molecule has 2 aromatic rings. The maximum Gasteiger partial charge on any atom is 0.161 e. The SMILES string of the molecule is C=CCc1cc(C=Nc2ccccc2Cl)cc(OCC)c1O. The van der Waals surface area contributed by atoms with Crippen molar-refractivity contribution in [1.82, 2.24) is 0 Å². The number of aromatic hydroxyl groups is 1. The van der Waals surface area contributed by atoms with Crippen LogP contribution < -0.4 is 4.74 Å². The summed E-state index contributed by atoms with van der Waals surface area (Å²) in [6.07, 6.45) is 4.00. The van der Waals surface area contributed by atoms with Crippen molar-refractivity contribution in [3.8, 4) is 11.5 Å². The summed E-state index contributed by atoms with van der Waals surface area (Å²) >= 11 is 6.09. The van der Waals surface area contributed by atoms with Crippen LogP contribution in [0.3, 0.4) is 0 Å². The van der Waals surface area contributed by atoms with Crippen molar-refractivity contribution in [2.45, 2.75) is 13.3 Å². The lowest BCUT2D eigenvalue weighted by molar-refractivity contribution is 0.317. The predicted molar refractivity (Wildman–Crippen MR) is 91.9 cm³/mol. The molecule has 3 nitrogen and oxygen atoms in total. The lowest BCUT2D eigenvalue weighted by Gasteiger charge is -2.10. The van der Waals surface area contributed by atoms with Crippen LogP contribution in [0.2, 0.25) is 5.02 Å². The summed E-state index contributed by atoms with van der Waals surface area (Å²) in [6.45, 7) is 6.06. The number of nitrogens with zero attached hydrogens (tertiary/aromatic N) is 1. The van der Waals surface area contributed by atoms with Crippen LogP contribution in [0.1, 0.15) is 18.1 Å². The normalized spacial score (nSPS) is 10.8. The van der Waals surface area contributed by atoms with Crippen LogP contribution in [0.5, 0.6) is 11.5 Å². The topological polar surface area (TPSA) is 41.8 Å². The Morgan fingerprint density at radius 2 is 2.09 bits per heavy atom. The average Bonchev–Trinajstić information content (AvgIpc) is 2.51. The summed E-state index contributed by atoms with van der Waals surface area (Å²) in [6, 6.07) is 11.0. The van der Waals surface area contributed by atoms with Gasteiger partial charge in [0.2, 0.25) is 0 Å². The van der Waals surface area contributed by atoms with Gasteiger partial charge in [0.05, 0.1) is 17.3 Å². The predicted octanol–water partition coefficient (Wildman–Crippen LogP) is 4.92. The molecule has 2 aromatic carbocycles. The minimum atomic E-state index is 0.150. The quantitative estimate of drug-likeness (QED) is 0.607. The molecule has 0 radical (unpaired) electrons. The summed E-state index contributed by atoms with van der Waals surface area (Å²) in [5, 5.41) is 10.8. The number of allylic oxidation sites excluding steroid dienone is 1. The number of halogens is 1. The van der Waals surface area contributed by atoms with Gasteiger partial charge in [-0.25, -0.2) is 0 Å². The molecule has 114 valence electrons. The Hall–Kier alpha value is -2.26. The minimum Gasteiger partial charge on any atom is -0.504 e. The van der Waals surface area contributed by atoms with Crippen LogP contribution in [-0.4, -0.2) is 17.9 Å². The number of ether oxygens (including phenoxy) is 1. The van der Waals surface area contributed by atoms with Crippen molar-refractivity contribution < 1.29 is 9.84 Å². The van der Waals surface area contributed by atoms with Gasteiger partial charge in [-0.2, -0.15) is 0 Å². The Bertz CT molecular complexity index is 695. The van der Waals surface area contributed by atoms with Crippen LogP contribution >= 0.6 is 11.6 Å². The van der Waals surface area contributed by atoms with Crippen molar-refractivity contribution in [3.63, 3.8) is 0 Å². The molecule has 1 N–H and O–H groups in total. The number of para-hydroxylation sites is 1. The zero-order valence-corrected chi connectivity index (χ0v) is 13.2. The molecule has 0 saturated carbocycles. The van der Waals surface area contributed by atoms with Crippen LogP contribution in [0, 0.1) is 0 Å². The molecular formula is C18H18ClNO2. The first-order valence-corrected chi connectivity index (χ1v) is 7.41. The third-order valence-electron chi connectivity index (χ3n) is 3.05. The van der Waals surface area contributed by atoms with Gasteiger partial charge in [0, 0.05) is 11.8 Å². The van der Waals surface area contributed by atoms with Crippen molar-refractivity contribution in [2.75, 3.05) is 6.61 Å². The van der Waals surface area contributed by atoms with Crippen molar-refractivity contribution >= 4 is 23.5 Å². The second-order valence-corrected chi connectivity index (χ2v) is 5.07. The van der Waals surface area contributed by atoms with Crippen LogP contribution in [0.4, 0.5) is 5.69 Å². The van der Waals surface area contributed by atoms with Gasteiger partial charge < -0.3 is 9.84 Å². The minimum absolute atomic E-state index is 0.150. The van der Waals surface area contributed by atoms with E-state index in [2.05, 4.69) is 11.6 Å². The zero-order chi connectivity index (χ0) is 15.9. The number of benzene rings is 2. The van der Waals surface area contributed by atoms with Crippen LogP contribution in [0.25, 0.3) is 0 Å². The lowest BCUT2D eigenvalue weighted by atomic mass is 10.1. The van der Waals surface area contributed by atoms with Crippen LogP contribution in [-0.2, 0) is 6.42 Å². The molecule has 4 heteroatoms. The smallest absolute Gasteiger partial charge is 0.161 e. The van der Waals surface area contributed by atoms with E-state index in [1.165, 1.54) is 0 Å². The van der Waals surface area contributed by atoms with Crippen LogP contribution in [0.15, 0.2) is 54.0 Å². The van der Waals surface area contributed by atoms with E-state index in [0.29, 0.717) is 29.5 Å². The molecule has 0 aromatic heterocycles. The molecule has 0 amide bonds. The van der Waals surface area contributed by atoms with E-state index in [1.54, 1.807) is 24.4 Å². The number of phenolic OH excluding ortho intramolecular Hbond substituents is 1. The number of hydrogen-bond donors (Lipinski definition) is 1. The Labute approximate surface area is 135 Å². The van der Waals surface area contributed by atoms with E-state index in [1.807, 2.05) is 31.2 Å². The Balaban J connectivity index is 2.38. The van der Waals surface area contributed by atoms with Gasteiger partial charge in [-0.1, -0.05) is 29.8 Å². The molecule has 0 aliphatic rings. The summed E-state index contributed by atoms with van der Waals surface area (Å²) in [4.78, 5) is 4.39. The molecule has 0 atom stereocenters. The van der Waals surface area contributed by atoms with Gasteiger partial charge in [0.1, 0.15) is 0 Å². The molecule has 0 heterocycles. The lowest BCUT2D eigenvalue weighted by Crippen LogP contribution is -1.96. The van der Waals surface area contributed by atoms with Crippen molar-refractivity contribution in [3.05, 3.63) is 65.2 Å². The number of aliphatic imine (C=N–C) groups is 1. The largest absolute Gasteiger partial charge is 0.504 e. The third kappa shape index (κ3) is 3.89. The first-order chi connectivity index (χ1) is 10.7. The summed E-state index contributed by atoms with van der Waals surface area (Å²) in [5.74, 6) is 0.596. The molecule has 0 bridgehead atoms. The first-order valence-electron chi connectivity index (χ1n) is 7.04. The van der Waals surface area contributed by atoms with Gasteiger partial charge in [0.15, 0.2) is 11.5 Å². The van der Waals surface area contributed by atoms with E-state index < -0.39 is 0 Å². The fraction of sp³-hybridized carbons (Fsp3) is 0.167. The molecule has 2 rings (SSSR count). The Morgan fingerprint density at radius 1 is 1.32 bits per heavy atom. The maximum atomic E-state index is 10.2. The molecule has 0 saturated heterocycles. The molecule has 22 heavy (non-hydrogen) atoms. The summed E-state index contributed by atoms with van der Waals surface area (Å²) in [5.41, 5.74) is 2.28. The van der Waals surface area contributed by atoms with Gasteiger partial charge in [-0.3, -0.25) is 4.99 Å². The first kappa shape index (κ1) is 16.1. The van der Waals surface area contributed by atoms with Gasteiger partial charge in [0.25, 0.3) is 0 Å². The van der Waals surface area contributed by atoms with Crippen molar-refractivity contribution in [2.24, 2.45) is 4.99 Å². The highest BCUT2D eigenvalue weighted by molar-refractivity contribution is 6.33. The maximum absolute atomic E-state index is 10.2. The monoisotopic (exact) mass is 315 g/mol. The van der Waals surface area contributed by atoms with Gasteiger partial charge >= 0.3 is 0 Å².